The number of hydrogen-bond acceptors (Lipinski definition) is 6. The van der Waals surface area contributed by atoms with E-state index < -0.39 is 0 Å². The SMILES string of the molecule is CC(C)(C)c1nc(NN)cc(NCCC2CCCO2)n1. The van der Waals surface area contributed by atoms with E-state index in [4.69, 9.17) is 10.6 Å². The van der Waals surface area contributed by atoms with Crippen molar-refractivity contribution in [1.29, 1.82) is 0 Å². The number of aromatic nitrogens is 2. The molecule has 1 aliphatic heterocycles. The molecular weight excluding hydrogens is 254 g/mol. The van der Waals surface area contributed by atoms with Gasteiger partial charge in [-0.15, -0.1) is 0 Å². The normalized spacial score (nSPS) is 19.1. The zero-order valence-electron chi connectivity index (χ0n) is 12.6. The summed E-state index contributed by atoms with van der Waals surface area (Å²) in [6.07, 6.45) is 3.72. The monoisotopic (exact) mass is 279 g/mol. The molecule has 1 aromatic heterocycles. The third-order valence-electron chi connectivity index (χ3n) is 3.34. The lowest BCUT2D eigenvalue weighted by Gasteiger charge is -2.19. The Kier molecular flexibility index (Phi) is 4.77. The van der Waals surface area contributed by atoms with E-state index in [1.165, 1.54) is 6.42 Å². The highest BCUT2D eigenvalue weighted by Gasteiger charge is 2.19. The molecule has 2 heterocycles. The van der Waals surface area contributed by atoms with Crippen LogP contribution in [0.2, 0.25) is 0 Å². The van der Waals surface area contributed by atoms with Gasteiger partial charge in [0.1, 0.15) is 17.5 Å². The van der Waals surface area contributed by atoms with Crippen LogP contribution < -0.4 is 16.6 Å². The third kappa shape index (κ3) is 4.05. The largest absolute Gasteiger partial charge is 0.378 e. The number of nitrogens with zero attached hydrogens (tertiary/aromatic N) is 2. The minimum Gasteiger partial charge on any atom is -0.378 e. The smallest absolute Gasteiger partial charge is 0.145 e. The van der Waals surface area contributed by atoms with Gasteiger partial charge in [-0.05, 0) is 19.3 Å². The first-order chi connectivity index (χ1) is 9.49. The molecule has 0 aromatic carbocycles. The second-order valence-corrected chi connectivity index (χ2v) is 6.21. The molecule has 0 spiro atoms. The van der Waals surface area contributed by atoms with Gasteiger partial charge in [-0.3, -0.25) is 0 Å². The van der Waals surface area contributed by atoms with Crippen LogP contribution in [0.1, 0.15) is 45.9 Å². The molecule has 0 amide bonds. The number of nitrogen functional groups attached to an aromatic ring is 1. The molecule has 20 heavy (non-hydrogen) atoms. The first-order valence-electron chi connectivity index (χ1n) is 7.20. The first-order valence-corrected chi connectivity index (χ1v) is 7.20. The lowest BCUT2D eigenvalue weighted by Crippen LogP contribution is -2.20. The van der Waals surface area contributed by atoms with Crippen molar-refractivity contribution in [3.63, 3.8) is 0 Å². The molecule has 112 valence electrons. The Hall–Kier alpha value is -1.40. The standard InChI is InChI=1S/C14H25N5O/c1-14(2,3)13-17-11(9-12(18-13)19-15)16-7-6-10-5-4-8-20-10/h9-10H,4-8,15H2,1-3H3,(H2,16,17,18,19). The van der Waals surface area contributed by atoms with Crippen LogP contribution >= 0.6 is 0 Å². The molecule has 0 saturated carbocycles. The van der Waals surface area contributed by atoms with Crippen molar-refractivity contribution in [3.8, 4) is 0 Å². The lowest BCUT2D eigenvalue weighted by atomic mass is 9.96. The molecule has 1 aliphatic rings. The Morgan fingerprint density at radius 1 is 1.35 bits per heavy atom. The van der Waals surface area contributed by atoms with E-state index in [-0.39, 0.29) is 5.41 Å². The molecule has 1 saturated heterocycles. The van der Waals surface area contributed by atoms with Crippen molar-refractivity contribution in [2.75, 3.05) is 23.9 Å². The molecule has 0 radical (unpaired) electrons. The van der Waals surface area contributed by atoms with Gasteiger partial charge in [0.05, 0.1) is 6.10 Å². The van der Waals surface area contributed by atoms with Crippen LogP contribution in [0.5, 0.6) is 0 Å². The summed E-state index contributed by atoms with van der Waals surface area (Å²) in [6, 6.07) is 1.82. The summed E-state index contributed by atoms with van der Waals surface area (Å²) in [7, 11) is 0. The Balaban J connectivity index is 1.98. The maximum Gasteiger partial charge on any atom is 0.145 e. The summed E-state index contributed by atoms with van der Waals surface area (Å²) in [4.78, 5) is 8.95. The molecule has 6 heteroatoms. The molecule has 4 N–H and O–H groups in total. The molecule has 0 bridgehead atoms. The second kappa shape index (κ2) is 6.37. The topological polar surface area (TPSA) is 85.1 Å². The fourth-order valence-corrected chi connectivity index (χ4v) is 2.18. The van der Waals surface area contributed by atoms with Gasteiger partial charge in [0.25, 0.3) is 0 Å². The summed E-state index contributed by atoms with van der Waals surface area (Å²) < 4.78 is 5.61. The van der Waals surface area contributed by atoms with Gasteiger partial charge in [0.2, 0.25) is 0 Å². The van der Waals surface area contributed by atoms with Gasteiger partial charge < -0.3 is 15.5 Å². The van der Waals surface area contributed by atoms with Crippen molar-refractivity contribution < 1.29 is 4.74 Å². The second-order valence-electron chi connectivity index (χ2n) is 6.21. The van der Waals surface area contributed by atoms with Crippen LogP contribution in [0.15, 0.2) is 6.07 Å². The minimum absolute atomic E-state index is 0.113. The third-order valence-corrected chi connectivity index (χ3v) is 3.34. The first kappa shape index (κ1) is 15.0. The van der Waals surface area contributed by atoms with Gasteiger partial charge >= 0.3 is 0 Å². The number of hydrazine groups is 1. The highest BCUT2D eigenvalue weighted by Crippen LogP contribution is 2.22. The number of hydrogen-bond donors (Lipinski definition) is 3. The van der Waals surface area contributed by atoms with E-state index in [0.29, 0.717) is 11.9 Å². The predicted octanol–water partition coefficient (Wildman–Crippen LogP) is 2.04. The van der Waals surface area contributed by atoms with E-state index in [1.807, 2.05) is 6.07 Å². The Labute approximate surface area is 120 Å². The maximum absolute atomic E-state index is 5.61. The number of nitrogens with two attached hydrogens (primary N) is 1. The van der Waals surface area contributed by atoms with Gasteiger partial charge in [0.15, 0.2) is 0 Å². The molecular formula is C14H25N5O. The Bertz CT molecular complexity index is 438. The van der Waals surface area contributed by atoms with Crippen LogP contribution in [0.4, 0.5) is 11.6 Å². The quantitative estimate of drug-likeness (QED) is 0.565. The van der Waals surface area contributed by atoms with Crippen molar-refractivity contribution in [3.05, 3.63) is 11.9 Å². The fourth-order valence-electron chi connectivity index (χ4n) is 2.18. The van der Waals surface area contributed by atoms with Gasteiger partial charge in [-0.2, -0.15) is 0 Å². The Morgan fingerprint density at radius 3 is 2.70 bits per heavy atom. The van der Waals surface area contributed by atoms with Crippen molar-refractivity contribution in [2.24, 2.45) is 5.84 Å². The minimum atomic E-state index is -0.113. The summed E-state index contributed by atoms with van der Waals surface area (Å²) >= 11 is 0. The number of rotatable bonds is 5. The van der Waals surface area contributed by atoms with E-state index in [0.717, 1.165) is 37.6 Å². The molecule has 1 fully saturated rings. The maximum atomic E-state index is 5.61. The van der Waals surface area contributed by atoms with E-state index in [2.05, 4.69) is 41.5 Å². The lowest BCUT2D eigenvalue weighted by molar-refractivity contribution is 0.107. The van der Waals surface area contributed by atoms with Gasteiger partial charge in [0, 0.05) is 24.6 Å². The van der Waals surface area contributed by atoms with Crippen molar-refractivity contribution >= 4 is 11.6 Å². The van der Waals surface area contributed by atoms with Crippen LogP contribution in [-0.4, -0.2) is 29.2 Å². The highest BCUT2D eigenvalue weighted by atomic mass is 16.5. The molecule has 0 aliphatic carbocycles. The predicted molar refractivity (Wildman–Crippen MR) is 80.6 cm³/mol. The van der Waals surface area contributed by atoms with Crippen LogP contribution in [0.3, 0.4) is 0 Å². The Morgan fingerprint density at radius 2 is 2.10 bits per heavy atom. The number of ether oxygens (including phenoxy) is 1. The van der Waals surface area contributed by atoms with E-state index >= 15 is 0 Å². The molecule has 1 aromatic rings. The molecule has 1 atom stereocenters. The van der Waals surface area contributed by atoms with Crippen LogP contribution in [-0.2, 0) is 10.2 Å². The van der Waals surface area contributed by atoms with E-state index in [9.17, 15) is 0 Å². The van der Waals surface area contributed by atoms with E-state index in [1.54, 1.807) is 0 Å². The summed E-state index contributed by atoms with van der Waals surface area (Å²) in [6.45, 7) is 7.99. The molecule has 1 unspecified atom stereocenters. The summed E-state index contributed by atoms with van der Waals surface area (Å²) in [5.41, 5.74) is 2.48. The highest BCUT2D eigenvalue weighted by molar-refractivity contribution is 5.47. The molecule has 6 nitrogen and oxygen atoms in total. The number of anilines is 2. The summed E-state index contributed by atoms with van der Waals surface area (Å²) in [5, 5.41) is 3.33. The number of nitrogens with one attached hydrogen (secondary N) is 2. The average molecular weight is 279 g/mol. The van der Waals surface area contributed by atoms with Crippen LogP contribution in [0, 0.1) is 0 Å². The van der Waals surface area contributed by atoms with Crippen molar-refractivity contribution in [1.82, 2.24) is 9.97 Å². The van der Waals surface area contributed by atoms with Gasteiger partial charge in [-0.1, -0.05) is 20.8 Å². The van der Waals surface area contributed by atoms with Crippen molar-refractivity contribution in [2.45, 2.75) is 51.6 Å². The fraction of sp³-hybridized carbons (Fsp3) is 0.714. The van der Waals surface area contributed by atoms with Gasteiger partial charge in [-0.25, -0.2) is 15.8 Å². The zero-order valence-corrected chi connectivity index (χ0v) is 12.6. The summed E-state index contributed by atoms with van der Waals surface area (Å²) in [5.74, 6) is 7.67. The molecule has 2 rings (SSSR count). The average Bonchev–Trinajstić information content (AvgIpc) is 2.90. The zero-order chi connectivity index (χ0) is 14.6. The van der Waals surface area contributed by atoms with Crippen LogP contribution in [0.25, 0.3) is 0 Å².